The van der Waals surface area contributed by atoms with E-state index in [0.717, 1.165) is 11.0 Å². The van der Waals surface area contributed by atoms with E-state index in [9.17, 15) is 18.4 Å². The highest BCUT2D eigenvalue weighted by Crippen LogP contribution is 2.26. The average molecular weight is 284 g/mol. The van der Waals surface area contributed by atoms with Crippen LogP contribution in [0.1, 0.15) is 0 Å². The van der Waals surface area contributed by atoms with Gasteiger partial charge in [-0.2, -0.15) is 0 Å². The fourth-order valence-corrected chi connectivity index (χ4v) is 1.72. The number of carbonyl (C=O) groups is 2. The van der Waals surface area contributed by atoms with Crippen LogP contribution in [0.25, 0.3) is 0 Å². The number of hydrogen-bond donors (Lipinski definition) is 3. The lowest BCUT2D eigenvalue weighted by Crippen LogP contribution is -2.34. The van der Waals surface area contributed by atoms with Crippen molar-refractivity contribution in [2.75, 3.05) is 18.5 Å². The molecule has 0 atom stereocenters. The maximum Gasteiger partial charge on any atom is 0.277 e. The van der Waals surface area contributed by atoms with Crippen molar-refractivity contribution in [1.82, 2.24) is 4.90 Å². The van der Waals surface area contributed by atoms with Crippen LogP contribution in [0.4, 0.5) is 14.5 Å². The van der Waals surface area contributed by atoms with Crippen molar-refractivity contribution in [2.24, 2.45) is 0 Å². The smallest absolute Gasteiger partial charge is 0.277 e. The van der Waals surface area contributed by atoms with Crippen LogP contribution in [0, 0.1) is 11.6 Å². The minimum Gasteiger partial charge on any atom is -0.508 e. The number of anilines is 1. The maximum absolute atomic E-state index is 13.5. The highest BCUT2D eigenvalue weighted by atomic mass is 19.1. The summed E-state index contributed by atoms with van der Waals surface area (Å²) in [6.45, 7) is -0.625. The van der Waals surface area contributed by atoms with Crippen LogP contribution in [0.2, 0.25) is 0 Å². The van der Waals surface area contributed by atoms with Crippen molar-refractivity contribution in [3.05, 3.63) is 35.5 Å². The summed E-state index contributed by atoms with van der Waals surface area (Å²) in [7, 11) is 0. The average Bonchev–Trinajstić information content (AvgIpc) is 2.62. The molecule has 0 spiro atoms. The first-order valence-electron chi connectivity index (χ1n) is 5.57. The number of aliphatic hydroxyl groups excluding tert-OH is 1. The lowest BCUT2D eigenvalue weighted by Gasteiger charge is -2.14. The number of benzene rings is 1. The van der Waals surface area contributed by atoms with Gasteiger partial charge in [0.2, 0.25) is 0 Å². The number of rotatable bonds is 4. The maximum atomic E-state index is 13.5. The molecule has 0 saturated carbocycles. The van der Waals surface area contributed by atoms with Crippen molar-refractivity contribution >= 4 is 17.5 Å². The van der Waals surface area contributed by atoms with Crippen molar-refractivity contribution in [3.63, 3.8) is 0 Å². The Balaban J connectivity index is 2.26. The Morgan fingerprint density at radius 3 is 2.35 bits per heavy atom. The molecule has 1 heterocycles. The van der Waals surface area contributed by atoms with Gasteiger partial charge in [0.05, 0.1) is 13.2 Å². The number of phenols is 1. The summed E-state index contributed by atoms with van der Waals surface area (Å²) in [6, 6.07) is 1.33. The molecular formula is C12H10F2N2O4. The normalized spacial score (nSPS) is 14.8. The minimum atomic E-state index is -1.11. The summed E-state index contributed by atoms with van der Waals surface area (Å²) in [4.78, 5) is 24.0. The molecule has 0 saturated heterocycles. The molecule has 1 aromatic rings. The molecule has 0 fully saturated rings. The molecule has 0 aliphatic carbocycles. The predicted molar refractivity (Wildman–Crippen MR) is 63.5 cm³/mol. The first-order valence-corrected chi connectivity index (χ1v) is 5.57. The molecule has 20 heavy (non-hydrogen) atoms. The molecular weight excluding hydrogens is 274 g/mol. The Morgan fingerprint density at radius 2 is 1.80 bits per heavy atom. The molecule has 0 radical (unpaired) electrons. The van der Waals surface area contributed by atoms with Gasteiger partial charge < -0.3 is 15.5 Å². The summed E-state index contributed by atoms with van der Waals surface area (Å²) < 4.78 is 27.0. The molecule has 1 aromatic carbocycles. The van der Waals surface area contributed by atoms with Crippen LogP contribution in [0.3, 0.4) is 0 Å². The third-order valence-electron chi connectivity index (χ3n) is 2.62. The van der Waals surface area contributed by atoms with E-state index >= 15 is 0 Å². The van der Waals surface area contributed by atoms with E-state index in [1.807, 2.05) is 0 Å². The summed E-state index contributed by atoms with van der Waals surface area (Å²) >= 11 is 0. The number of hydrogen-bond acceptors (Lipinski definition) is 5. The fourth-order valence-electron chi connectivity index (χ4n) is 1.72. The van der Waals surface area contributed by atoms with Gasteiger partial charge in [-0.05, 0) is 0 Å². The number of imide groups is 1. The monoisotopic (exact) mass is 284 g/mol. The van der Waals surface area contributed by atoms with Gasteiger partial charge in [-0.3, -0.25) is 14.5 Å². The number of nitrogens with zero attached hydrogens (tertiary/aromatic N) is 1. The second-order valence-electron chi connectivity index (χ2n) is 3.99. The van der Waals surface area contributed by atoms with Crippen molar-refractivity contribution in [1.29, 1.82) is 0 Å². The molecule has 2 amide bonds. The zero-order valence-electron chi connectivity index (χ0n) is 10.1. The van der Waals surface area contributed by atoms with Crippen LogP contribution < -0.4 is 5.32 Å². The van der Waals surface area contributed by atoms with Gasteiger partial charge in [0.1, 0.15) is 17.1 Å². The lowest BCUT2D eigenvalue weighted by atomic mass is 10.2. The number of nitrogens with one attached hydrogen (secondary N) is 1. The molecule has 1 aliphatic heterocycles. The second kappa shape index (κ2) is 5.25. The number of amides is 2. The first kappa shape index (κ1) is 13.9. The first-order chi connectivity index (χ1) is 9.43. The Bertz CT molecular complexity index is 592. The Hall–Kier alpha value is -2.48. The number of phenolic OH excluding ortho intramolecular Hbond substituents is 1. The van der Waals surface area contributed by atoms with Gasteiger partial charge in [0.25, 0.3) is 11.8 Å². The summed E-state index contributed by atoms with van der Waals surface area (Å²) in [5, 5.41) is 19.9. The quantitative estimate of drug-likeness (QED) is 0.547. The van der Waals surface area contributed by atoms with Crippen LogP contribution in [-0.2, 0) is 9.59 Å². The molecule has 3 N–H and O–H groups in total. The fraction of sp³-hybridized carbons (Fsp3) is 0.167. The number of carbonyl (C=O) groups excluding carboxylic acids is 2. The van der Waals surface area contributed by atoms with Gasteiger partial charge >= 0.3 is 0 Å². The van der Waals surface area contributed by atoms with Gasteiger partial charge in [0, 0.05) is 18.2 Å². The molecule has 6 nitrogen and oxygen atoms in total. The van der Waals surface area contributed by atoms with Crippen LogP contribution >= 0.6 is 0 Å². The van der Waals surface area contributed by atoms with Gasteiger partial charge in [-0.15, -0.1) is 0 Å². The van der Waals surface area contributed by atoms with Crippen molar-refractivity contribution < 1.29 is 28.6 Å². The van der Waals surface area contributed by atoms with Crippen LogP contribution in [0.15, 0.2) is 23.9 Å². The summed E-state index contributed by atoms with van der Waals surface area (Å²) in [6.07, 6.45) is 0.879. The number of β-amino-alcohol motifs (C(OH)–C–C–N with tert-alkyl or cyclic N) is 1. The Kier molecular flexibility index (Phi) is 3.66. The van der Waals surface area contributed by atoms with E-state index in [1.54, 1.807) is 0 Å². The molecule has 0 bridgehead atoms. The van der Waals surface area contributed by atoms with E-state index in [2.05, 4.69) is 5.32 Å². The topological polar surface area (TPSA) is 89.9 Å². The number of aliphatic hydroxyl groups is 1. The Morgan fingerprint density at radius 1 is 1.20 bits per heavy atom. The van der Waals surface area contributed by atoms with Crippen molar-refractivity contribution in [3.8, 4) is 5.75 Å². The standard InChI is InChI=1S/C12H10F2N2O4/c13-7-3-6(18)4-8(14)11(7)15-9-5-10(19)16(1-2-17)12(9)20/h3-5,15,17-18H,1-2H2. The highest BCUT2D eigenvalue weighted by Gasteiger charge is 2.31. The predicted octanol–water partition coefficient (Wildman–Crippen LogP) is 0.327. The summed E-state index contributed by atoms with van der Waals surface area (Å²) in [5.74, 6) is -4.30. The van der Waals surface area contributed by atoms with E-state index in [0.29, 0.717) is 12.1 Å². The Labute approximate surface area is 111 Å². The zero-order valence-corrected chi connectivity index (χ0v) is 10.1. The third-order valence-corrected chi connectivity index (χ3v) is 2.62. The SMILES string of the molecule is O=C1C=C(Nc2c(F)cc(O)cc2F)C(=O)N1CCO. The van der Waals surface area contributed by atoms with Gasteiger partial charge in [-0.1, -0.05) is 0 Å². The molecule has 0 unspecified atom stereocenters. The lowest BCUT2D eigenvalue weighted by molar-refractivity contribution is -0.137. The molecule has 2 rings (SSSR count). The zero-order chi connectivity index (χ0) is 14.9. The third kappa shape index (κ3) is 2.45. The number of aromatic hydroxyl groups is 1. The van der Waals surface area contributed by atoms with Crippen LogP contribution in [-0.4, -0.2) is 40.1 Å². The van der Waals surface area contributed by atoms with E-state index < -0.39 is 41.5 Å². The molecule has 0 aromatic heterocycles. The molecule has 106 valence electrons. The second-order valence-corrected chi connectivity index (χ2v) is 3.99. The minimum absolute atomic E-state index is 0.208. The summed E-state index contributed by atoms with van der Waals surface area (Å²) in [5.41, 5.74) is -0.965. The van der Waals surface area contributed by atoms with E-state index in [-0.39, 0.29) is 12.2 Å². The van der Waals surface area contributed by atoms with Gasteiger partial charge in [0.15, 0.2) is 11.6 Å². The van der Waals surface area contributed by atoms with Crippen molar-refractivity contribution in [2.45, 2.75) is 0 Å². The van der Waals surface area contributed by atoms with E-state index in [4.69, 9.17) is 10.2 Å². The molecule has 1 aliphatic rings. The molecule has 8 heteroatoms. The number of halogens is 2. The van der Waals surface area contributed by atoms with Crippen LogP contribution in [0.5, 0.6) is 5.75 Å². The van der Waals surface area contributed by atoms with E-state index in [1.165, 1.54) is 0 Å². The largest absolute Gasteiger partial charge is 0.508 e. The van der Waals surface area contributed by atoms with Gasteiger partial charge in [-0.25, -0.2) is 8.78 Å². The highest BCUT2D eigenvalue weighted by molar-refractivity contribution is 6.17.